The van der Waals surface area contributed by atoms with Crippen LogP contribution in [-0.4, -0.2) is 22.7 Å². The van der Waals surface area contributed by atoms with E-state index in [4.69, 9.17) is 4.74 Å². The number of aromatic nitrogens is 2. The van der Waals surface area contributed by atoms with E-state index in [-0.39, 0.29) is 5.91 Å². The summed E-state index contributed by atoms with van der Waals surface area (Å²) in [5.74, 6) is 0.797. The second kappa shape index (κ2) is 9.63. The molecule has 0 unspecified atom stereocenters. The van der Waals surface area contributed by atoms with Crippen LogP contribution in [0.15, 0.2) is 103 Å². The average molecular weight is 448 g/mol. The number of rotatable bonds is 7. The third kappa shape index (κ3) is 4.41. The second-order valence-corrected chi connectivity index (χ2v) is 8.04. The van der Waals surface area contributed by atoms with Gasteiger partial charge in [-0.1, -0.05) is 78.9 Å². The fourth-order valence-corrected chi connectivity index (χ4v) is 4.20. The Morgan fingerprint density at radius 3 is 2.21 bits per heavy atom. The van der Waals surface area contributed by atoms with Crippen molar-refractivity contribution in [1.82, 2.24) is 10.2 Å². The van der Waals surface area contributed by atoms with Gasteiger partial charge < -0.3 is 10.1 Å². The molecule has 0 saturated carbocycles. The molecule has 5 rings (SSSR count). The van der Waals surface area contributed by atoms with Crippen LogP contribution >= 0.6 is 0 Å². The third-order valence-corrected chi connectivity index (χ3v) is 5.81. The van der Waals surface area contributed by atoms with Crippen LogP contribution in [0, 0.1) is 0 Å². The summed E-state index contributed by atoms with van der Waals surface area (Å²) < 4.78 is 5.63. The van der Waals surface area contributed by atoms with Gasteiger partial charge in [0.25, 0.3) is 0 Å². The number of H-pyrrole nitrogens is 1. The predicted molar refractivity (Wildman–Crippen MR) is 136 cm³/mol. The molecule has 0 saturated heterocycles. The Balaban J connectivity index is 1.44. The summed E-state index contributed by atoms with van der Waals surface area (Å²) in [7, 11) is 0. The van der Waals surface area contributed by atoms with Gasteiger partial charge in [0.05, 0.1) is 18.0 Å². The topological polar surface area (TPSA) is 67.0 Å². The van der Waals surface area contributed by atoms with E-state index < -0.39 is 5.92 Å². The molecule has 1 aromatic heterocycles. The molecule has 0 atom stereocenters. The summed E-state index contributed by atoms with van der Waals surface area (Å²) in [4.78, 5) is 13.5. The van der Waals surface area contributed by atoms with Crippen molar-refractivity contribution in [3.05, 3.63) is 114 Å². The largest absolute Gasteiger partial charge is 0.494 e. The van der Waals surface area contributed by atoms with Gasteiger partial charge in [0.2, 0.25) is 5.91 Å². The summed E-state index contributed by atoms with van der Waals surface area (Å²) in [6, 6.07) is 33.7. The summed E-state index contributed by atoms with van der Waals surface area (Å²) in [5, 5.41) is 11.4. The molecule has 1 amide bonds. The number of fused-ring (bicyclic) bond motifs is 1. The molecule has 2 N–H and O–H groups in total. The van der Waals surface area contributed by atoms with Crippen molar-refractivity contribution in [2.75, 3.05) is 11.9 Å². The lowest BCUT2D eigenvalue weighted by atomic mass is 9.90. The highest BCUT2D eigenvalue weighted by Gasteiger charge is 2.24. The van der Waals surface area contributed by atoms with E-state index in [1.54, 1.807) is 0 Å². The number of hydrogen-bond donors (Lipinski definition) is 2. The molecule has 4 aromatic carbocycles. The molecule has 5 aromatic rings. The maximum atomic E-state index is 13.5. The zero-order valence-electron chi connectivity index (χ0n) is 18.9. The van der Waals surface area contributed by atoms with Gasteiger partial charge in [-0.15, -0.1) is 0 Å². The lowest BCUT2D eigenvalue weighted by Gasteiger charge is -2.17. The molecule has 0 fully saturated rings. The predicted octanol–water partition coefficient (Wildman–Crippen LogP) is 6.40. The Kier molecular flexibility index (Phi) is 6.08. The van der Waals surface area contributed by atoms with Gasteiger partial charge in [0, 0.05) is 5.39 Å². The second-order valence-electron chi connectivity index (χ2n) is 8.04. The van der Waals surface area contributed by atoms with E-state index in [9.17, 15) is 4.79 Å². The molecule has 0 aliphatic heterocycles. The first-order valence-corrected chi connectivity index (χ1v) is 11.3. The van der Waals surface area contributed by atoms with Crippen LogP contribution in [-0.2, 0) is 4.79 Å². The van der Waals surface area contributed by atoms with Gasteiger partial charge in [-0.3, -0.25) is 9.89 Å². The van der Waals surface area contributed by atoms with Crippen LogP contribution in [0.3, 0.4) is 0 Å². The maximum Gasteiger partial charge on any atom is 0.237 e. The van der Waals surface area contributed by atoms with Crippen molar-refractivity contribution in [3.8, 4) is 16.9 Å². The summed E-state index contributed by atoms with van der Waals surface area (Å²) in [5.41, 5.74) is 4.82. The van der Waals surface area contributed by atoms with Crippen LogP contribution in [0.2, 0.25) is 0 Å². The molecule has 0 spiro atoms. The van der Waals surface area contributed by atoms with Crippen molar-refractivity contribution in [3.63, 3.8) is 0 Å². The molecule has 5 heteroatoms. The lowest BCUT2D eigenvalue weighted by Crippen LogP contribution is -2.22. The number of carbonyl (C=O) groups is 1. The van der Waals surface area contributed by atoms with Crippen LogP contribution < -0.4 is 10.1 Å². The zero-order valence-corrected chi connectivity index (χ0v) is 18.9. The Labute approximate surface area is 198 Å². The Hall–Kier alpha value is -4.38. The number of anilines is 1. The van der Waals surface area contributed by atoms with Gasteiger partial charge in [0.15, 0.2) is 5.82 Å². The fourth-order valence-electron chi connectivity index (χ4n) is 4.20. The molecular formula is C29H25N3O2. The highest BCUT2D eigenvalue weighted by atomic mass is 16.5. The molecule has 0 aliphatic rings. The Morgan fingerprint density at radius 2 is 1.53 bits per heavy atom. The summed E-state index contributed by atoms with van der Waals surface area (Å²) in [6.07, 6.45) is 0. The maximum absolute atomic E-state index is 13.5. The highest BCUT2D eigenvalue weighted by Crippen LogP contribution is 2.31. The number of carbonyl (C=O) groups excluding carboxylic acids is 1. The quantitative estimate of drug-likeness (QED) is 0.303. The molecule has 1 heterocycles. The number of nitrogens with zero attached hydrogens (tertiary/aromatic N) is 1. The molecule has 5 nitrogen and oxygen atoms in total. The highest BCUT2D eigenvalue weighted by molar-refractivity contribution is 6.04. The van der Waals surface area contributed by atoms with E-state index in [0.29, 0.717) is 12.4 Å². The van der Waals surface area contributed by atoms with Crippen molar-refractivity contribution < 1.29 is 9.53 Å². The molecule has 168 valence electrons. The number of amides is 1. The molecule has 34 heavy (non-hydrogen) atoms. The van der Waals surface area contributed by atoms with Gasteiger partial charge >= 0.3 is 0 Å². The van der Waals surface area contributed by atoms with Crippen LogP contribution in [0.25, 0.3) is 22.0 Å². The van der Waals surface area contributed by atoms with Crippen LogP contribution in [0.5, 0.6) is 5.75 Å². The van der Waals surface area contributed by atoms with E-state index >= 15 is 0 Å². The number of hydrogen-bond acceptors (Lipinski definition) is 3. The first-order valence-electron chi connectivity index (χ1n) is 11.3. The van der Waals surface area contributed by atoms with Crippen molar-refractivity contribution in [2.45, 2.75) is 12.8 Å². The first-order chi connectivity index (χ1) is 16.7. The minimum Gasteiger partial charge on any atom is -0.494 e. The number of ether oxygens (including phenoxy) is 1. The zero-order chi connectivity index (χ0) is 23.3. The minimum absolute atomic E-state index is 0.126. The van der Waals surface area contributed by atoms with E-state index in [0.717, 1.165) is 38.9 Å². The minimum atomic E-state index is -0.435. The van der Waals surface area contributed by atoms with Crippen molar-refractivity contribution in [1.29, 1.82) is 0 Å². The van der Waals surface area contributed by atoms with Gasteiger partial charge in [-0.25, -0.2) is 0 Å². The third-order valence-electron chi connectivity index (χ3n) is 5.81. The standard InChI is InChI=1S/C29H25N3O2/c1-2-34-24-15-9-14-22(18-24)23-16-17-25-26(19-23)31-32-28(25)30-29(33)27(20-10-5-3-6-11-20)21-12-7-4-8-13-21/h3-19,27H,2H2,1H3,(H2,30,31,32,33). The van der Waals surface area contributed by atoms with Gasteiger partial charge in [0.1, 0.15) is 5.75 Å². The Morgan fingerprint density at radius 1 is 0.853 bits per heavy atom. The van der Waals surface area contributed by atoms with Gasteiger partial charge in [-0.2, -0.15) is 5.10 Å². The number of benzene rings is 4. The van der Waals surface area contributed by atoms with Crippen molar-refractivity contribution in [2.24, 2.45) is 0 Å². The van der Waals surface area contributed by atoms with E-state index in [2.05, 4.69) is 15.5 Å². The van der Waals surface area contributed by atoms with Gasteiger partial charge in [-0.05, 0) is 53.4 Å². The monoisotopic (exact) mass is 447 g/mol. The normalized spacial score (nSPS) is 11.0. The van der Waals surface area contributed by atoms with Crippen LogP contribution in [0.1, 0.15) is 24.0 Å². The SMILES string of the molecule is CCOc1cccc(-c2ccc3c(NC(=O)C(c4ccccc4)c4ccccc4)n[nH]c3c2)c1. The van der Waals surface area contributed by atoms with Crippen molar-refractivity contribution >= 4 is 22.6 Å². The average Bonchev–Trinajstić information content (AvgIpc) is 3.28. The molecule has 0 radical (unpaired) electrons. The lowest BCUT2D eigenvalue weighted by molar-refractivity contribution is -0.116. The fraction of sp³-hybridized carbons (Fsp3) is 0.103. The Bertz CT molecular complexity index is 1370. The molecule has 0 aliphatic carbocycles. The van der Waals surface area contributed by atoms with Crippen LogP contribution in [0.4, 0.5) is 5.82 Å². The molecular weight excluding hydrogens is 422 g/mol. The van der Waals surface area contributed by atoms with E-state index in [1.165, 1.54) is 0 Å². The summed E-state index contributed by atoms with van der Waals surface area (Å²) in [6.45, 7) is 2.60. The van der Waals surface area contributed by atoms with E-state index in [1.807, 2.05) is 110 Å². The smallest absolute Gasteiger partial charge is 0.237 e. The molecule has 0 bridgehead atoms. The number of nitrogens with one attached hydrogen (secondary N) is 2. The number of aromatic amines is 1. The summed E-state index contributed by atoms with van der Waals surface area (Å²) >= 11 is 0. The first kappa shape index (κ1) is 21.5.